The Hall–Kier alpha value is -3.52. The number of rotatable bonds is 5. The summed E-state index contributed by atoms with van der Waals surface area (Å²) in [5.41, 5.74) is 3.38. The number of carbonyl (C=O) groups is 1. The molecule has 1 fully saturated rings. The molecule has 0 unspecified atom stereocenters. The standard InChI is InChI=1S/C24H24N4O4/c29-24(21-13-27-23(14-26-21)32-18-6-9-30-10-7-18)28-17-11-20-19(16-3-2-8-25-12-16)4-1-5-22(20)31-15-17/h1-5,8,12-14,17-18H,6-7,9-11,15H2,(H,28,29)/t17-/m0/s1. The first-order valence-corrected chi connectivity index (χ1v) is 10.8. The number of aromatic nitrogens is 3. The fraction of sp³-hybridized carbons (Fsp3) is 0.333. The molecule has 1 aromatic carbocycles. The Bertz CT molecular complexity index is 1070. The Morgan fingerprint density at radius 1 is 1.06 bits per heavy atom. The van der Waals surface area contributed by atoms with Crippen LogP contribution < -0.4 is 14.8 Å². The number of amides is 1. The predicted molar refractivity (Wildman–Crippen MR) is 117 cm³/mol. The number of ether oxygens (including phenoxy) is 3. The van der Waals surface area contributed by atoms with E-state index in [9.17, 15) is 4.79 Å². The highest BCUT2D eigenvalue weighted by molar-refractivity contribution is 5.92. The van der Waals surface area contributed by atoms with E-state index in [4.69, 9.17) is 14.2 Å². The van der Waals surface area contributed by atoms with Gasteiger partial charge in [-0.1, -0.05) is 18.2 Å². The Labute approximate surface area is 186 Å². The average molecular weight is 432 g/mol. The second kappa shape index (κ2) is 9.32. The molecule has 5 rings (SSSR count). The quantitative estimate of drug-likeness (QED) is 0.662. The Balaban J connectivity index is 1.24. The fourth-order valence-corrected chi connectivity index (χ4v) is 4.01. The predicted octanol–water partition coefficient (Wildman–Crippen LogP) is 2.83. The second-order valence-corrected chi connectivity index (χ2v) is 7.88. The Morgan fingerprint density at radius 2 is 1.97 bits per heavy atom. The topological polar surface area (TPSA) is 95.5 Å². The minimum absolute atomic E-state index is 0.0752. The molecule has 2 aliphatic heterocycles. The maximum atomic E-state index is 12.7. The van der Waals surface area contributed by atoms with Crippen LogP contribution in [0.25, 0.3) is 11.1 Å². The molecule has 4 heterocycles. The molecule has 1 amide bonds. The van der Waals surface area contributed by atoms with E-state index in [-0.39, 0.29) is 23.7 Å². The number of fused-ring (bicyclic) bond motifs is 1. The van der Waals surface area contributed by atoms with E-state index in [1.165, 1.54) is 12.4 Å². The Morgan fingerprint density at radius 3 is 2.75 bits per heavy atom. The van der Waals surface area contributed by atoms with Crippen LogP contribution in [0.15, 0.2) is 55.1 Å². The van der Waals surface area contributed by atoms with Gasteiger partial charge in [0.25, 0.3) is 5.91 Å². The molecule has 32 heavy (non-hydrogen) atoms. The number of benzene rings is 1. The van der Waals surface area contributed by atoms with Gasteiger partial charge in [-0.2, -0.15) is 0 Å². The molecule has 8 heteroatoms. The summed E-state index contributed by atoms with van der Waals surface area (Å²) in [4.78, 5) is 25.5. The largest absolute Gasteiger partial charge is 0.491 e. The van der Waals surface area contributed by atoms with Crippen molar-refractivity contribution in [1.29, 1.82) is 0 Å². The molecule has 0 bridgehead atoms. The van der Waals surface area contributed by atoms with Crippen molar-refractivity contribution >= 4 is 5.91 Å². The lowest BCUT2D eigenvalue weighted by molar-refractivity contribution is 0.0235. The first-order chi connectivity index (χ1) is 15.8. The molecule has 1 N–H and O–H groups in total. The van der Waals surface area contributed by atoms with Crippen LogP contribution in [0.2, 0.25) is 0 Å². The van der Waals surface area contributed by atoms with E-state index in [0.29, 0.717) is 32.1 Å². The van der Waals surface area contributed by atoms with Crippen molar-refractivity contribution < 1.29 is 19.0 Å². The normalized spacial score (nSPS) is 18.3. The molecule has 0 spiro atoms. The van der Waals surface area contributed by atoms with Gasteiger partial charge in [-0.3, -0.25) is 9.78 Å². The molecule has 164 valence electrons. The molecule has 1 atom stereocenters. The van der Waals surface area contributed by atoms with E-state index >= 15 is 0 Å². The number of pyridine rings is 1. The number of nitrogens with zero attached hydrogens (tertiary/aromatic N) is 3. The van der Waals surface area contributed by atoms with Crippen molar-refractivity contribution in [3.05, 3.63) is 66.4 Å². The van der Waals surface area contributed by atoms with Crippen molar-refractivity contribution in [1.82, 2.24) is 20.3 Å². The number of carbonyl (C=O) groups excluding carboxylic acids is 1. The molecular formula is C24H24N4O4. The summed E-state index contributed by atoms with van der Waals surface area (Å²) in [6, 6.07) is 9.73. The zero-order chi connectivity index (χ0) is 21.8. The molecule has 3 aromatic rings. The molecule has 0 aliphatic carbocycles. The van der Waals surface area contributed by atoms with Gasteiger partial charge in [-0.25, -0.2) is 9.97 Å². The lowest BCUT2D eigenvalue weighted by Gasteiger charge is -2.27. The first-order valence-electron chi connectivity index (χ1n) is 10.8. The lowest BCUT2D eigenvalue weighted by atomic mass is 9.93. The highest BCUT2D eigenvalue weighted by Crippen LogP contribution is 2.34. The van der Waals surface area contributed by atoms with E-state index in [0.717, 1.165) is 35.3 Å². The van der Waals surface area contributed by atoms with Crippen LogP contribution in [0.5, 0.6) is 11.6 Å². The molecule has 1 saturated heterocycles. The fourth-order valence-electron chi connectivity index (χ4n) is 4.01. The van der Waals surface area contributed by atoms with Gasteiger partial charge in [-0.15, -0.1) is 0 Å². The Kier molecular flexibility index (Phi) is 5.93. The maximum Gasteiger partial charge on any atom is 0.271 e. The van der Waals surface area contributed by atoms with Crippen LogP contribution in [0.1, 0.15) is 28.9 Å². The smallest absolute Gasteiger partial charge is 0.271 e. The zero-order valence-electron chi connectivity index (χ0n) is 17.6. The SMILES string of the molecule is O=C(N[C@@H]1COc2cccc(-c3cccnc3)c2C1)c1cnc(OC2CCOCC2)cn1. The summed E-state index contributed by atoms with van der Waals surface area (Å²) >= 11 is 0. The molecule has 8 nitrogen and oxygen atoms in total. The van der Waals surface area contributed by atoms with Gasteiger partial charge in [0.05, 0.1) is 31.6 Å². The lowest BCUT2D eigenvalue weighted by Crippen LogP contribution is -2.43. The van der Waals surface area contributed by atoms with Gasteiger partial charge in [0, 0.05) is 42.8 Å². The van der Waals surface area contributed by atoms with Gasteiger partial charge >= 0.3 is 0 Å². The minimum atomic E-state index is -0.286. The van der Waals surface area contributed by atoms with Crippen molar-refractivity contribution in [2.75, 3.05) is 19.8 Å². The minimum Gasteiger partial charge on any atom is -0.491 e. The van der Waals surface area contributed by atoms with Crippen LogP contribution in [0.4, 0.5) is 0 Å². The van der Waals surface area contributed by atoms with Crippen molar-refractivity contribution in [3.63, 3.8) is 0 Å². The van der Waals surface area contributed by atoms with Gasteiger partial charge in [-0.05, 0) is 17.7 Å². The number of hydrogen-bond acceptors (Lipinski definition) is 7. The summed E-state index contributed by atoms with van der Waals surface area (Å²) in [5.74, 6) is 0.974. The third-order valence-corrected chi connectivity index (χ3v) is 5.65. The van der Waals surface area contributed by atoms with Crippen LogP contribution in [0, 0.1) is 0 Å². The van der Waals surface area contributed by atoms with E-state index in [2.05, 4.69) is 20.3 Å². The summed E-state index contributed by atoms with van der Waals surface area (Å²) in [6.07, 6.45) is 8.91. The second-order valence-electron chi connectivity index (χ2n) is 7.88. The molecule has 2 aromatic heterocycles. The van der Waals surface area contributed by atoms with Crippen LogP contribution >= 0.6 is 0 Å². The van der Waals surface area contributed by atoms with Crippen molar-refractivity contribution in [2.24, 2.45) is 0 Å². The van der Waals surface area contributed by atoms with Gasteiger partial charge in [0.2, 0.25) is 5.88 Å². The van der Waals surface area contributed by atoms with Crippen LogP contribution in [-0.4, -0.2) is 52.8 Å². The third kappa shape index (κ3) is 4.55. The zero-order valence-corrected chi connectivity index (χ0v) is 17.6. The first kappa shape index (κ1) is 20.4. The van der Waals surface area contributed by atoms with Gasteiger partial charge in [0.1, 0.15) is 24.2 Å². The van der Waals surface area contributed by atoms with Gasteiger partial charge < -0.3 is 19.5 Å². The van der Waals surface area contributed by atoms with Crippen LogP contribution in [0.3, 0.4) is 0 Å². The maximum absolute atomic E-state index is 12.7. The van der Waals surface area contributed by atoms with Gasteiger partial charge in [0.15, 0.2) is 0 Å². The third-order valence-electron chi connectivity index (χ3n) is 5.65. The summed E-state index contributed by atoms with van der Waals surface area (Å²) in [6.45, 7) is 1.77. The summed E-state index contributed by atoms with van der Waals surface area (Å²) in [7, 11) is 0. The van der Waals surface area contributed by atoms with Crippen molar-refractivity contribution in [2.45, 2.75) is 31.4 Å². The molecule has 0 saturated carbocycles. The summed E-state index contributed by atoms with van der Waals surface area (Å²) < 4.78 is 17.1. The monoisotopic (exact) mass is 432 g/mol. The van der Waals surface area contributed by atoms with E-state index in [1.54, 1.807) is 6.20 Å². The number of hydrogen-bond donors (Lipinski definition) is 1. The van der Waals surface area contributed by atoms with E-state index < -0.39 is 0 Å². The molecular weight excluding hydrogens is 408 g/mol. The number of nitrogens with one attached hydrogen (secondary N) is 1. The highest BCUT2D eigenvalue weighted by Gasteiger charge is 2.25. The summed E-state index contributed by atoms with van der Waals surface area (Å²) in [5, 5.41) is 3.02. The van der Waals surface area contributed by atoms with Crippen molar-refractivity contribution in [3.8, 4) is 22.8 Å². The van der Waals surface area contributed by atoms with Crippen LogP contribution in [-0.2, 0) is 11.2 Å². The molecule has 0 radical (unpaired) electrons. The van der Waals surface area contributed by atoms with E-state index in [1.807, 2.05) is 36.5 Å². The molecule has 2 aliphatic rings. The highest BCUT2D eigenvalue weighted by atomic mass is 16.5. The average Bonchev–Trinajstić information content (AvgIpc) is 2.85.